The number of carbonyl (C=O) groups is 2. The molecule has 1 aliphatic carbocycles. The van der Waals surface area contributed by atoms with E-state index in [1.165, 1.54) is 19.4 Å². The molecule has 0 radical (unpaired) electrons. The minimum atomic E-state index is -0.454. The van der Waals surface area contributed by atoms with Crippen LogP contribution in [0.15, 0.2) is 42.6 Å². The first-order valence-electron chi connectivity index (χ1n) is 14.1. The Hall–Kier alpha value is -3.89. The second-order valence-corrected chi connectivity index (χ2v) is 11.2. The Balaban J connectivity index is 1.09. The van der Waals surface area contributed by atoms with E-state index in [1.54, 1.807) is 20.8 Å². The summed E-state index contributed by atoms with van der Waals surface area (Å²) in [6.07, 6.45) is 4.05. The summed E-state index contributed by atoms with van der Waals surface area (Å²) in [5.41, 5.74) is 6.13. The third-order valence-corrected chi connectivity index (χ3v) is 8.00. The number of hydrogen-bond acceptors (Lipinski definition) is 7. The SMILES string of the molecule is Cc1ccc2c(c1)Nc1c(cnn1C)CN2C(=O)c1ccc(CNC(=O)ON2CCN(CC3CC3)CC2)cc1C. The van der Waals surface area contributed by atoms with Crippen molar-refractivity contribution in [3.63, 3.8) is 0 Å². The van der Waals surface area contributed by atoms with Crippen molar-refractivity contribution < 1.29 is 14.4 Å². The van der Waals surface area contributed by atoms with Crippen LogP contribution in [-0.4, -0.2) is 64.5 Å². The maximum atomic E-state index is 13.9. The van der Waals surface area contributed by atoms with Crippen molar-refractivity contribution in [1.29, 1.82) is 0 Å². The number of aromatic nitrogens is 2. The Labute approximate surface area is 234 Å². The van der Waals surface area contributed by atoms with Gasteiger partial charge in [-0.05, 0) is 67.5 Å². The van der Waals surface area contributed by atoms with Crippen LogP contribution in [0.25, 0.3) is 0 Å². The fourth-order valence-electron chi connectivity index (χ4n) is 5.52. The molecule has 3 heterocycles. The molecule has 0 atom stereocenters. The summed E-state index contributed by atoms with van der Waals surface area (Å²) >= 11 is 0. The number of anilines is 3. The van der Waals surface area contributed by atoms with E-state index in [0.29, 0.717) is 18.7 Å². The van der Waals surface area contributed by atoms with Gasteiger partial charge in [-0.1, -0.05) is 18.2 Å². The van der Waals surface area contributed by atoms with Crippen LogP contribution in [0.1, 0.15) is 45.5 Å². The molecule has 0 unspecified atom stereocenters. The van der Waals surface area contributed by atoms with Crippen molar-refractivity contribution in [3.05, 3.63) is 70.4 Å². The van der Waals surface area contributed by atoms with E-state index < -0.39 is 6.09 Å². The molecule has 0 bridgehead atoms. The van der Waals surface area contributed by atoms with Gasteiger partial charge in [0, 0.05) is 57.4 Å². The third-order valence-electron chi connectivity index (χ3n) is 8.00. The first kappa shape index (κ1) is 26.3. The second-order valence-electron chi connectivity index (χ2n) is 11.2. The van der Waals surface area contributed by atoms with Gasteiger partial charge in [0.1, 0.15) is 5.82 Å². The van der Waals surface area contributed by atoms with Crippen molar-refractivity contribution in [2.24, 2.45) is 13.0 Å². The highest BCUT2D eigenvalue weighted by Gasteiger charge is 2.29. The highest BCUT2D eigenvalue weighted by atomic mass is 16.7. The van der Waals surface area contributed by atoms with Gasteiger partial charge in [-0.15, -0.1) is 5.06 Å². The molecule has 6 rings (SSSR count). The van der Waals surface area contributed by atoms with Crippen molar-refractivity contribution in [1.82, 2.24) is 25.1 Å². The largest absolute Gasteiger partial charge is 0.426 e. The molecule has 2 aliphatic heterocycles. The molecule has 1 aromatic heterocycles. The van der Waals surface area contributed by atoms with Crippen LogP contribution < -0.4 is 15.5 Å². The summed E-state index contributed by atoms with van der Waals surface area (Å²) in [6, 6.07) is 11.7. The summed E-state index contributed by atoms with van der Waals surface area (Å²) < 4.78 is 1.79. The molecule has 2 aromatic carbocycles. The van der Waals surface area contributed by atoms with E-state index >= 15 is 0 Å². The highest BCUT2D eigenvalue weighted by Crippen LogP contribution is 2.37. The number of fused-ring (bicyclic) bond motifs is 2. The van der Waals surface area contributed by atoms with Crippen molar-refractivity contribution in [3.8, 4) is 0 Å². The van der Waals surface area contributed by atoms with Crippen molar-refractivity contribution in [2.45, 2.75) is 39.8 Å². The van der Waals surface area contributed by atoms with Crippen LogP contribution in [0, 0.1) is 19.8 Å². The molecule has 10 heteroatoms. The van der Waals surface area contributed by atoms with Crippen LogP contribution in [-0.2, 0) is 25.0 Å². The van der Waals surface area contributed by atoms with Crippen LogP contribution in [0.5, 0.6) is 0 Å². The number of carbonyl (C=O) groups excluding carboxylic acids is 2. The van der Waals surface area contributed by atoms with E-state index in [0.717, 1.165) is 71.5 Å². The lowest BCUT2D eigenvalue weighted by Crippen LogP contribution is -2.48. The number of amides is 2. The molecule has 2 amide bonds. The van der Waals surface area contributed by atoms with E-state index in [-0.39, 0.29) is 5.91 Å². The quantitative estimate of drug-likeness (QED) is 0.483. The van der Waals surface area contributed by atoms with Crippen LogP contribution in [0.3, 0.4) is 0 Å². The summed E-state index contributed by atoms with van der Waals surface area (Å²) in [7, 11) is 1.89. The lowest BCUT2D eigenvalue weighted by Gasteiger charge is -2.33. The predicted octanol–water partition coefficient (Wildman–Crippen LogP) is 4.11. The average Bonchev–Trinajstić information content (AvgIpc) is 3.72. The Morgan fingerprint density at radius 1 is 1.07 bits per heavy atom. The number of hydrogen-bond donors (Lipinski definition) is 2. The molecule has 1 saturated carbocycles. The molecule has 2 fully saturated rings. The average molecular weight is 544 g/mol. The lowest BCUT2D eigenvalue weighted by molar-refractivity contribution is -0.123. The van der Waals surface area contributed by atoms with Gasteiger partial charge in [0.05, 0.1) is 24.1 Å². The number of aryl methyl sites for hydroxylation is 3. The molecule has 3 aliphatic rings. The van der Waals surface area contributed by atoms with Gasteiger partial charge in [0.15, 0.2) is 0 Å². The molecular weight excluding hydrogens is 506 g/mol. The number of piperazine rings is 1. The second kappa shape index (κ2) is 10.9. The molecule has 0 spiro atoms. The van der Waals surface area contributed by atoms with Gasteiger partial charge in [0.25, 0.3) is 5.91 Å². The molecular formula is C30H37N7O3. The number of nitrogens with one attached hydrogen (secondary N) is 2. The van der Waals surface area contributed by atoms with E-state index in [2.05, 4.69) is 20.6 Å². The Bertz CT molecular complexity index is 1420. The molecule has 10 nitrogen and oxygen atoms in total. The van der Waals surface area contributed by atoms with Gasteiger partial charge < -0.3 is 25.3 Å². The topological polar surface area (TPSA) is 95.0 Å². The first-order valence-corrected chi connectivity index (χ1v) is 14.1. The lowest BCUT2D eigenvalue weighted by atomic mass is 10.0. The van der Waals surface area contributed by atoms with Crippen LogP contribution >= 0.6 is 0 Å². The standard InChI is InChI=1S/C30H37N7O3/c1-20-4-9-27-26(14-20)33-28-24(17-32-34(28)3)19-37(27)29(38)25-8-7-23(15-21(25)2)16-31-30(39)40-36-12-10-35(11-13-36)18-22-5-6-22/h4,7-9,14-15,17,22,33H,5-6,10-13,16,18-19H2,1-3H3,(H,31,39). The van der Waals surface area contributed by atoms with Crippen molar-refractivity contribution in [2.75, 3.05) is 42.9 Å². The molecule has 3 aromatic rings. The van der Waals surface area contributed by atoms with Gasteiger partial charge in [-0.2, -0.15) is 5.10 Å². The maximum Gasteiger partial charge on any atom is 0.426 e. The number of hydroxylamine groups is 2. The number of rotatable bonds is 6. The zero-order valence-corrected chi connectivity index (χ0v) is 23.4. The summed E-state index contributed by atoms with van der Waals surface area (Å²) in [4.78, 5) is 36.1. The van der Waals surface area contributed by atoms with Crippen LogP contribution in [0.2, 0.25) is 0 Å². The molecule has 210 valence electrons. The monoisotopic (exact) mass is 543 g/mol. The van der Waals surface area contributed by atoms with Crippen molar-refractivity contribution >= 4 is 29.2 Å². The summed E-state index contributed by atoms with van der Waals surface area (Å²) in [6.45, 7) is 9.18. The van der Waals surface area contributed by atoms with Gasteiger partial charge in [-0.3, -0.25) is 9.48 Å². The Morgan fingerprint density at radius 2 is 1.88 bits per heavy atom. The van der Waals surface area contributed by atoms with E-state index in [9.17, 15) is 9.59 Å². The third kappa shape index (κ3) is 5.68. The normalized spacial score (nSPS) is 17.4. The number of benzene rings is 2. The Kier molecular flexibility index (Phi) is 7.20. The fourth-order valence-corrected chi connectivity index (χ4v) is 5.52. The number of nitrogens with zero attached hydrogens (tertiary/aromatic N) is 5. The predicted molar refractivity (Wildman–Crippen MR) is 153 cm³/mol. The minimum absolute atomic E-state index is 0.0825. The van der Waals surface area contributed by atoms with E-state index in [4.69, 9.17) is 4.84 Å². The minimum Gasteiger partial charge on any atom is -0.351 e. The first-order chi connectivity index (χ1) is 19.3. The smallest absolute Gasteiger partial charge is 0.351 e. The summed E-state index contributed by atoms with van der Waals surface area (Å²) in [5, 5.41) is 12.4. The molecule has 1 saturated heterocycles. The van der Waals surface area contributed by atoms with Crippen LogP contribution in [0.4, 0.5) is 22.0 Å². The Morgan fingerprint density at radius 3 is 2.62 bits per heavy atom. The zero-order valence-electron chi connectivity index (χ0n) is 23.4. The fraction of sp³-hybridized carbons (Fsp3) is 0.433. The maximum absolute atomic E-state index is 13.9. The molecule has 2 N–H and O–H groups in total. The van der Waals surface area contributed by atoms with E-state index in [1.807, 2.05) is 57.3 Å². The van der Waals surface area contributed by atoms with Gasteiger partial charge in [-0.25, -0.2) is 4.79 Å². The summed E-state index contributed by atoms with van der Waals surface area (Å²) in [5.74, 6) is 1.67. The van der Waals surface area contributed by atoms with Gasteiger partial charge in [0.2, 0.25) is 0 Å². The zero-order chi connectivity index (χ0) is 27.8. The highest BCUT2D eigenvalue weighted by molar-refractivity contribution is 6.09. The van der Waals surface area contributed by atoms with Gasteiger partial charge >= 0.3 is 6.09 Å². The molecule has 40 heavy (non-hydrogen) atoms.